The molecule has 58 heavy (non-hydrogen) atoms. The number of hydrogen-bond donors (Lipinski definition) is 0. The number of anilines is 3. The van der Waals surface area contributed by atoms with Crippen molar-refractivity contribution < 1.29 is 0 Å². The Labute approximate surface area is 338 Å². The van der Waals surface area contributed by atoms with Crippen molar-refractivity contribution in [2.45, 2.75) is 0 Å². The predicted molar refractivity (Wildman–Crippen MR) is 247 cm³/mol. The Morgan fingerprint density at radius 1 is 0.310 bits per heavy atom. The average Bonchev–Trinajstić information content (AvgIpc) is 3.64. The van der Waals surface area contributed by atoms with Crippen LogP contribution in [0.15, 0.2) is 231 Å². The standard InChI is InChI=1S/C56H38N2/c1-3-18-41(19-4-1)47-28-11-13-32-51(47)57(43-24-5-2-6-25-43)53-34-17-35-54-56(53)50-29-12-14-33-52(50)58(54)55-38-42(46-30-15-22-39-20-7-9-26-44(39)46)36-37-49(55)48-31-16-23-40-21-8-10-27-45(40)48/h1-38H. The quantitative estimate of drug-likeness (QED) is 0.158. The number of rotatable bonds is 7. The van der Waals surface area contributed by atoms with E-state index in [1.807, 2.05) is 0 Å². The van der Waals surface area contributed by atoms with Gasteiger partial charge in [-0.25, -0.2) is 0 Å². The van der Waals surface area contributed by atoms with Crippen LogP contribution >= 0.6 is 0 Å². The Morgan fingerprint density at radius 3 is 1.62 bits per heavy atom. The summed E-state index contributed by atoms with van der Waals surface area (Å²) in [6.45, 7) is 0. The van der Waals surface area contributed by atoms with E-state index in [0.717, 1.165) is 33.8 Å². The number of nitrogens with zero attached hydrogens (tertiary/aromatic N) is 2. The topological polar surface area (TPSA) is 8.17 Å². The Hall–Kier alpha value is -7.68. The molecule has 11 rings (SSSR count). The van der Waals surface area contributed by atoms with Gasteiger partial charge in [0.25, 0.3) is 0 Å². The zero-order chi connectivity index (χ0) is 38.4. The highest BCUT2D eigenvalue weighted by atomic mass is 15.2. The Bertz CT molecular complexity index is 3280. The van der Waals surface area contributed by atoms with Crippen LogP contribution in [0.1, 0.15) is 0 Å². The summed E-state index contributed by atoms with van der Waals surface area (Å²) in [5.74, 6) is 0. The SMILES string of the molecule is c1ccc(-c2ccccc2N(c2ccccc2)c2cccc3c2c2ccccc2n3-c2cc(-c3cccc4ccccc34)ccc2-c2cccc3ccccc23)cc1. The molecule has 11 aromatic rings. The summed E-state index contributed by atoms with van der Waals surface area (Å²) in [6.07, 6.45) is 0. The molecule has 0 N–H and O–H groups in total. The molecule has 0 fully saturated rings. The van der Waals surface area contributed by atoms with Crippen molar-refractivity contribution in [3.63, 3.8) is 0 Å². The molecule has 0 radical (unpaired) electrons. The lowest BCUT2D eigenvalue weighted by molar-refractivity contribution is 1.18. The van der Waals surface area contributed by atoms with E-state index in [2.05, 4.69) is 240 Å². The van der Waals surface area contributed by atoms with Gasteiger partial charge in [-0.15, -0.1) is 0 Å². The van der Waals surface area contributed by atoms with Gasteiger partial charge in [0.2, 0.25) is 0 Å². The molecule has 0 unspecified atom stereocenters. The summed E-state index contributed by atoms with van der Waals surface area (Å²) < 4.78 is 2.51. The molecule has 0 saturated heterocycles. The molecule has 0 bridgehead atoms. The minimum absolute atomic E-state index is 1.10. The molecule has 0 saturated carbocycles. The van der Waals surface area contributed by atoms with Crippen LogP contribution in [-0.2, 0) is 0 Å². The third kappa shape index (κ3) is 5.57. The van der Waals surface area contributed by atoms with Crippen molar-refractivity contribution in [1.82, 2.24) is 4.57 Å². The second kappa shape index (κ2) is 14.1. The first-order valence-corrected chi connectivity index (χ1v) is 19.9. The summed E-state index contributed by atoms with van der Waals surface area (Å²) in [4.78, 5) is 2.44. The van der Waals surface area contributed by atoms with E-state index >= 15 is 0 Å². The fourth-order valence-electron chi connectivity index (χ4n) is 9.01. The maximum Gasteiger partial charge on any atom is 0.0562 e. The van der Waals surface area contributed by atoms with E-state index in [0.29, 0.717) is 0 Å². The highest BCUT2D eigenvalue weighted by Gasteiger charge is 2.24. The van der Waals surface area contributed by atoms with Crippen molar-refractivity contribution >= 4 is 60.4 Å². The lowest BCUT2D eigenvalue weighted by atomic mass is 9.92. The molecular formula is C56H38N2. The van der Waals surface area contributed by atoms with Crippen LogP contribution in [0.5, 0.6) is 0 Å². The largest absolute Gasteiger partial charge is 0.309 e. The van der Waals surface area contributed by atoms with Gasteiger partial charge in [-0.3, -0.25) is 0 Å². The van der Waals surface area contributed by atoms with E-state index < -0.39 is 0 Å². The Kier molecular flexibility index (Phi) is 8.19. The maximum absolute atomic E-state index is 2.51. The predicted octanol–water partition coefficient (Wildman–Crippen LogP) is 15.6. The molecule has 0 atom stereocenters. The highest BCUT2D eigenvalue weighted by Crippen LogP contribution is 2.48. The first-order valence-electron chi connectivity index (χ1n) is 19.9. The minimum Gasteiger partial charge on any atom is -0.309 e. The molecule has 272 valence electrons. The number of benzene rings is 10. The maximum atomic E-state index is 2.51. The van der Waals surface area contributed by atoms with Gasteiger partial charge in [0.05, 0.1) is 28.1 Å². The van der Waals surface area contributed by atoms with Crippen LogP contribution in [0.3, 0.4) is 0 Å². The van der Waals surface area contributed by atoms with Gasteiger partial charge >= 0.3 is 0 Å². The summed E-state index contributed by atoms with van der Waals surface area (Å²) in [6, 6.07) is 83.8. The molecule has 0 spiro atoms. The lowest BCUT2D eigenvalue weighted by Gasteiger charge is -2.28. The fraction of sp³-hybridized carbons (Fsp3) is 0. The van der Waals surface area contributed by atoms with E-state index in [1.54, 1.807) is 0 Å². The van der Waals surface area contributed by atoms with Gasteiger partial charge in [0, 0.05) is 27.6 Å². The normalized spacial score (nSPS) is 11.4. The molecule has 2 heteroatoms. The third-order valence-corrected chi connectivity index (χ3v) is 11.6. The first-order chi connectivity index (χ1) is 28.8. The zero-order valence-corrected chi connectivity index (χ0v) is 31.8. The van der Waals surface area contributed by atoms with Crippen molar-refractivity contribution in [2.75, 3.05) is 4.90 Å². The number of para-hydroxylation sites is 3. The molecule has 1 aromatic heterocycles. The fourth-order valence-corrected chi connectivity index (χ4v) is 9.01. The number of aromatic nitrogens is 1. The van der Waals surface area contributed by atoms with Gasteiger partial charge in [-0.2, -0.15) is 0 Å². The van der Waals surface area contributed by atoms with Crippen molar-refractivity contribution in [3.05, 3.63) is 231 Å². The Balaban J connectivity index is 1.24. The summed E-state index contributed by atoms with van der Waals surface area (Å²) >= 11 is 0. The van der Waals surface area contributed by atoms with Crippen molar-refractivity contribution in [1.29, 1.82) is 0 Å². The van der Waals surface area contributed by atoms with Crippen LogP contribution in [0.4, 0.5) is 17.1 Å². The molecule has 1 heterocycles. The second-order valence-corrected chi connectivity index (χ2v) is 14.9. The summed E-state index contributed by atoms with van der Waals surface area (Å²) in [7, 11) is 0. The van der Waals surface area contributed by atoms with Gasteiger partial charge in [-0.05, 0) is 86.3 Å². The zero-order valence-electron chi connectivity index (χ0n) is 31.8. The lowest BCUT2D eigenvalue weighted by Crippen LogP contribution is -2.11. The average molecular weight is 739 g/mol. The number of hydrogen-bond acceptors (Lipinski definition) is 1. The third-order valence-electron chi connectivity index (χ3n) is 11.6. The molecule has 0 amide bonds. The van der Waals surface area contributed by atoms with Crippen LogP contribution in [0.2, 0.25) is 0 Å². The van der Waals surface area contributed by atoms with E-state index in [9.17, 15) is 0 Å². The van der Waals surface area contributed by atoms with Gasteiger partial charge in [0.15, 0.2) is 0 Å². The molecule has 2 nitrogen and oxygen atoms in total. The van der Waals surface area contributed by atoms with Gasteiger partial charge in [-0.1, -0.05) is 188 Å². The monoisotopic (exact) mass is 738 g/mol. The van der Waals surface area contributed by atoms with Crippen molar-refractivity contribution in [2.24, 2.45) is 0 Å². The Morgan fingerprint density at radius 2 is 0.845 bits per heavy atom. The minimum atomic E-state index is 1.10. The second-order valence-electron chi connectivity index (χ2n) is 14.9. The smallest absolute Gasteiger partial charge is 0.0562 e. The van der Waals surface area contributed by atoms with Crippen LogP contribution in [0.25, 0.3) is 82.4 Å². The summed E-state index contributed by atoms with van der Waals surface area (Å²) in [5, 5.41) is 7.34. The molecule has 0 aliphatic rings. The van der Waals surface area contributed by atoms with Crippen LogP contribution in [0, 0.1) is 0 Å². The van der Waals surface area contributed by atoms with Crippen LogP contribution < -0.4 is 4.90 Å². The molecular weight excluding hydrogens is 701 g/mol. The molecule has 0 aliphatic heterocycles. The van der Waals surface area contributed by atoms with Crippen molar-refractivity contribution in [3.8, 4) is 39.1 Å². The van der Waals surface area contributed by atoms with E-state index in [1.165, 1.54) is 65.7 Å². The van der Waals surface area contributed by atoms with Crippen LogP contribution in [-0.4, -0.2) is 4.57 Å². The molecule has 0 aliphatic carbocycles. The highest BCUT2D eigenvalue weighted by molar-refractivity contribution is 6.17. The first kappa shape index (κ1) is 33.6. The number of fused-ring (bicyclic) bond motifs is 5. The summed E-state index contributed by atoms with van der Waals surface area (Å²) in [5.41, 5.74) is 13.9. The molecule has 10 aromatic carbocycles. The van der Waals surface area contributed by atoms with E-state index in [-0.39, 0.29) is 0 Å². The van der Waals surface area contributed by atoms with E-state index in [4.69, 9.17) is 0 Å². The van der Waals surface area contributed by atoms with Gasteiger partial charge in [0.1, 0.15) is 0 Å². The van der Waals surface area contributed by atoms with Gasteiger partial charge < -0.3 is 9.47 Å².